The monoisotopic (exact) mass is 648 g/mol. The molecule has 1 aliphatic heterocycles. The maximum Gasteiger partial charge on any atom is 0.293 e. The lowest BCUT2D eigenvalue weighted by Gasteiger charge is -2.13. The highest BCUT2D eigenvalue weighted by Gasteiger charge is 2.35. The molecule has 0 unspecified atom stereocenters. The van der Waals surface area contributed by atoms with Gasteiger partial charge in [-0.15, -0.1) is 0 Å². The van der Waals surface area contributed by atoms with Gasteiger partial charge in [0.05, 0.1) is 34.3 Å². The van der Waals surface area contributed by atoms with Crippen LogP contribution in [0.4, 0.5) is 10.5 Å². The molecule has 1 aliphatic rings. The molecule has 3 amide bonds. The average molecular weight is 650 g/mol. The summed E-state index contributed by atoms with van der Waals surface area (Å²) in [6, 6.07) is 13.8. The van der Waals surface area contributed by atoms with Gasteiger partial charge in [0.2, 0.25) is 0 Å². The third-order valence-corrected chi connectivity index (χ3v) is 8.20. The molecule has 4 rings (SSSR count). The second kappa shape index (κ2) is 12.5. The van der Waals surface area contributed by atoms with Crippen molar-refractivity contribution >= 4 is 79.7 Å². The highest BCUT2D eigenvalue weighted by atomic mass is 79.9. The second-order valence-corrected chi connectivity index (χ2v) is 11.3. The molecule has 11 heteroatoms. The number of methoxy groups -OCH3 is 1. The Hall–Kier alpha value is -2.98. The van der Waals surface area contributed by atoms with Crippen LogP contribution in [-0.2, 0) is 16.1 Å². The van der Waals surface area contributed by atoms with E-state index < -0.39 is 5.91 Å². The Balaban J connectivity index is 1.42. The summed E-state index contributed by atoms with van der Waals surface area (Å²) in [5, 5.41) is 3.19. The lowest BCUT2D eigenvalue weighted by molar-refractivity contribution is -0.123. The maximum atomic E-state index is 12.9. The van der Waals surface area contributed by atoms with Crippen molar-refractivity contribution in [3.05, 3.63) is 90.2 Å². The molecular weight excluding hydrogens is 627 g/mol. The molecule has 39 heavy (non-hydrogen) atoms. The van der Waals surface area contributed by atoms with Gasteiger partial charge in [-0.25, -0.2) is 0 Å². The number of carbonyl (C=O) groups excluding carboxylic acids is 3. The van der Waals surface area contributed by atoms with E-state index in [0.29, 0.717) is 38.4 Å². The first kappa shape index (κ1) is 29.0. The average Bonchev–Trinajstić information content (AvgIpc) is 3.15. The fourth-order valence-corrected chi connectivity index (χ4v) is 5.42. The SMILES string of the molecule is COc1cc(/C=C2/SC(=O)N(Cc3ccc(Cl)c(Cl)c3)C2=O)ccc1OCC(=O)Nc1cc(C)c(C)cc1Br. The molecule has 1 fully saturated rings. The molecule has 3 aromatic carbocycles. The van der Waals surface area contributed by atoms with Crippen LogP contribution in [0.2, 0.25) is 10.0 Å². The van der Waals surface area contributed by atoms with Gasteiger partial charge in [-0.2, -0.15) is 0 Å². The van der Waals surface area contributed by atoms with E-state index in [1.54, 1.807) is 42.5 Å². The predicted octanol–water partition coefficient (Wildman–Crippen LogP) is 7.64. The topological polar surface area (TPSA) is 84.9 Å². The van der Waals surface area contributed by atoms with E-state index in [0.717, 1.165) is 32.3 Å². The normalized spacial score (nSPS) is 14.2. The fourth-order valence-electron chi connectivity index (χ4n) is 3.71. The van der Waals surface area contributed by atoms with Gasteiger partial charge in [0.25, 0.3) is 17.1 Å². The number of rotatable bonds is 8. The summed E-state index contributed by atoms with van der Waals surface area (Å²) in [5.74, 6) is -0.0131. The summed E-state index contributed by atoms with van der Waals surface area (Å²) in [6.07, 6.45) is 1.61. The second-order valence-electron chi connectivity index (χ2n) is 8.68. The van der Waals surface area contributed by atoms with Gasteiger partial charge in [0.15, 0.2) is 18.1 Å². The summed E-state index contributed by atoms with van der Waals surface area (Å²) in [6.45, 7) is 3.81. The number of nitrogens with one attached hydrogen (secondary N) is 1. The van der Waals surface area contributed by atoms with Crippen LogP contribution in [0.3, 0.4) is 0 Å². The number of benzene rings is 3. The van der Waals surface area contributed by atoms with Crippen LogP contribution in [0.5, 0.6) is 11.5 Å². The molecule has 0 spiro atoms. The quantitative estimate of drug-likeness (QED) is 0.253. The number of hydrogen-bond acceptors (Lipinski definition) is 6. The van der Waals surface area contributed by atoms with Crippen molar-refractivity contribution in [3.63, 3.8) is 0 Å². The number of imide groups is 1. The molecule has 0 saturated carbocycles. The van der Waals surface area contributed by atoms with Gasteiger partial charge in [-0.05, 0) is 106 Å². The van der Waals surface area contributed by atoms with E-state index in [1.165, 1.54) is 7.11 Å². The molecule has 0 radical (unpaired) electrons. The molecule has 7 nitrogen and oxygen atoms in total. The van der Waals surface area contributed by atoms with Gasteiger partial charge in [-0.3, -0.25) is 19.3 Å². The van der Waals surface area contributed by atoms with Gasteiger partial charge >= 0.3 is 0 Å². The molecule has 0 aromatic heterocycles. The number of nitrogens with zero attached hydrogens (tertiary/aromatic N) is 1. The number of ether oxygens (including phenoxy) is 2. The van der Waals surface area contributed by atoms with Crippen molar-refractivity contribution in [2.24, 2.45) is 0 Å². The number of halogens is 3. The Morgan fingerprint density at radius 3 is 2.49 bits per heavy atom. The van der Waals surface area contributed by atoms with Crippen molar-refractivity contribution in [2.75, 3.05) is 19.0 Å². The highest BCUT2D eigenvalue weighted by molar-refractivity contribution is 9.10. The zero-order valence-corrected chi connectivity index (χ0v) is 25.1. The Bertz CT molecular complexity index is 1510. The van der Waals surface area contributed by atoms with E-state index in [2.05, 4.69) is 21.2 Å². The summed E-state index contributed by atoms with van der Waals surface area (Å²) >= 11 is 16.3. The van der Waals surface area contributed by atoms with Gasteiger partial charge in [0, 0.05) is 4.47 Å². The molecule has 202 valence electrons. The van der Waals surface area contributed by atoms with Crippen molar-refractivity contribution in [1.29, 1.82) is 0 Å². The Labute approximate surface area is 248 Å². The summed E-state index contributed by atoms with van der Waals surface area (Å²) in [7, 11) is 1.48. The molecule has 1 N–H and O–H groups in total. The Morgan fingerprint density at radius 2 is 1.77 bits per heavy atom. The van der Waals surface area contributed by atoms with Crippen LogP contribution >= 0.6 is 50.9 Å². The number of anilines is 1. The van der Waals surface area contributed by atoms with Crippen LogP contribution in [0, 0.1) is 13.8 Å². The van der Waals surface area contributed by atoms with E-state index in [1.807, 2.05) is 26.0 Å². The third kappa shape index (κ3) is 6.97. The van der Waals surface area contributed by atoms with Crippen LogP contribution < -0.4 is 14.8 Å². The minimum absolute atomic E-state index is 0.0792. The number of aryl methyl sites for hydroxylation is 2. The minimum Gasteiger partial charge on any atom is -0.493 e. The zero-order chi connectivity index (χ0) is 28.3. The van der Waals surface area contributed by atoms with Crippen molar-refractivity contribution in [2.45, 2.75) is 20.4 Å². The van der Waals surface area contributed by atoms with Crippen LogP contribution in [-0.4, -0.2) is 35.7 Å². The Morgan fingerprint density at radius 1 is 1.03 bits per heavy atom. The first-order chi connectivity index (χ1) is 18.5. The number of carbonyl (C=O) groups is 3. The molecule has 0 aliphatic carbocycles. The molecule has 3 aromatic rings. The van der Waals surface area contributed by atoms with Crippen molar-refractivity contribution in [3.8, 4) is 11.5 Å². The van der Waals surface area contributed by atoms with Gasteiger partial charge in [-0.1, -0.05) is 35.3 Å². The molecule has 1 saturated heterocycles. The first-order valence-electron chi connectivity index (χ1n) is 11.6. The molecular formula is C28H23BrCl2N2O5S. The van der Waals surface area contributed by atoms with Crippen molar-refractivity contribution in [1.82, 2.24) is 4.90 Å². The van der Waals surface area contributed by atoms with Crippen LogP contribution in [0.15, 0.2) is 57.9 Å². The third-order valence-electron chi connectivity index (χ3n) is 5.90. The van der Waals surface area contributed by atoms with Crippen LogP contribution in [0.1, 0.15) is 22.3 Å². The molecule has 1 heterocycles. The zero-order valence-electron chi connectivity index (χ0n) is 21.1. The number of thioether (sulfide) groups is 1. The summed E-state index contributed by atoms with van der Waals surface area (Å²) in [4.78, 5) is 39.4. The predicted molar refractivity (Wildman–Crippen MR) is 159 cm³/mol. The van der Waals surface area contributed by atoms with E-state index >= 15 is 0 Å². The fraction of sp³-hybridized carbons (Fsp3) is 0.179. The van der Waals surface area contributed by atoms with E-state index in [4.69, 9.17) is 32.7 Å². The lowest BCUT2D eigenvalue weighted by atomic mass is 10.1. The maximum absolute atomic E-state index is 12.9. The van der Waals surface area contributed by atoms with E-state index in [-0.39, 0.29) is 29.2 Å². The smallest absolute Gasteiger partial charge is 0.293 e. The minimum atomic E-state index is -0.412. The van der Waals surface area contributed by atoms with Gasteiger partial charge < -0.3 is 14.8 Å². The van der Waals surface area contributed by atoms with Gasteiger partial charge in [0.1, 0.15) is 0 Å². The van der Waals surface area contributed by atoms with Crippen molar-refractivity contribution < 1.29 is 23.9 Å². The van der Waals surface area contributed by atoms with E-state index in [9.17, 15) is 14.4 Å². The summed E-state index contributed by atoms with van der Waals surface area (Å²) in [5.41, 5.74) is 4.13. The highest BCUT2D eigenvalue weighted by Crippen LogP contribution is 2.36. The largest absolute Gasteiger partial charge is 0.493 e. The summed E-state index contributed by atoms with van der Waals surface area (Å²) < 4.78 is 11.9. The number of amides is 3. The van der Waals surface area contributed by atoms with Crippen LogP contribution in [0.25, 0.3) is 6.08 Å². The standard InChI is InChI=1S/C28H23BrCl2N2O5S/c1-15-8-19(29)22(9-16(15)2)32-26(34)14-38-23-7-5-17(11-24(23)37-3)12-25-27(35)33(28(36)39-25)13-18-4-6-20(30)21(31)10-18/h4-12H,13-14H2,1-3H3,(H,32,34)/b25-12+. The first-order valence-corrected chi connectivity index (χ1v) is 14.0. The number of hydrogen-bond donors (Lipinski definition) is 1. The molecule has 0 atom stereocenters. The molecule has 0 bridgehead atoms. The lowest BCUT2D eigenvalue weighted by Crippen LogP contribution is -2.27. The Kier molecular flexibility index (Phi) is 9.27.